The topological polar surface area (TPSA) is 284 Å². The smallest absolute Gasteiger partial charge is 0.330 e. The number of esters is 2. The van der Waals surface area contributed by atoms with Gasteiger partial charge in [-0.05, 0) is 30.7 Å². The third kappa shape index (κ3) is 8.20. The molecule has 2 aromatic heterocycles. The number of benzene rings is 1. The SMILES string of the molecule is CN(Cc1cnc2nc(N)nc(N)c2n1)c1ccc(C(=O)N[C@@H](CCC(=O)OC(C#N)C#N)C(=O)OC(C#N)C#N)cc1. The Morgan fingerprint density at radius 3 is 2.21 bits per heavy atom. The summed E-state index contributed by atoms with van der Waals surface area (Å²) in [6.45, 7) is 0.305. The molecule has 1 amide bonds. The number of anilines is 3. The van der Waals surface area contributed by atoms with Gasteiger partial charge >= 0.3 is 11.9 Å². The van der Waals surface area contributed by atoms with Crippen LogP contribution in [0.2, 0.25) is 0 Å². The fourth-order valence-corrected chi connectivity index (χ4v) is 3.57. The number of hydrogen-bond donors (Lipinski definition) is 3. The van der Waals surface area contributed by atoms with Crippen LogP contribution in [0, 0.1) is 45.3 Å². The number of amides is 1. The second kappa shape index (κ2) is 14.2. The molecule has 0 spiro atoms. The molecule has 3 aromatic rings. The first-order valence-corrected chi connectivity index (χ1v) is 12.2. The lowest BCUT2D eigenvalue weighted by atomic mass is 10.1. The molecule has 1 aromatic carbocycles. The number of nitrogens with zero attached hydrogens (tertiary/aromatic N) is 9. The van der Waals surface area contributed by atoms with Crippen LogP contribution in [0.5, 0.6) is 0 Å². The summed E-state index contributed by atoms with van der Waals surface area (Å²) in [5.41, 5.74) is 13.4. The van der Waals surface area contributed by atoms with Gasteiger partial charge in [0.1, 0.15) is 30.3 Å². The molecule has 0 bridgehead atoms. The van der Waals surface area contributed by atoms with Gasteiger partial charge in [-0.3, -0.25) is 9.59 Å². The first-order chi connectivity index (χ1) is 20.6. The van der Waals surface area contributed by atoms with Gasteiger partial charge in [0.2, 0.25) is 5.95 Å². The van der Waals surface area contributed by atoms with Gasteiger partial charge in [0.15, 0.2) is 17.0 Å². The summed E-state index contributed by atoms with van der Waals surface area (Å²) in [5, 5.41) is 37.8. The van der Waals surface area contributed by atoms with Crippen LogP contribution in [0.25, 0.3) is 11.2 Å². The van der Waals surface area contributed by atoms with Crippen LogP contribution < -0.4 is 21.7 Å². The van der Waals surface area contributed by atoms with Gasteiger partial charge in [-0.1, -0.05) is 0 Å². The zero-order valence-corrected chi connectivity index (χ0v) is 22.5. The lowest BCUT2D eigenvalue weighted by Crippen LogP contribution is -2.43. The maximum atomic E-state index is 12.9. The zero-order chi connectivity index (χ0) is 31.5. The van der Waals surface area contributed by atoms with Crippen molar-refractivity contribution >= 4 is 46.5 Å². The second-order valence-electron chi connectivity index (χ2n) is 8.67. The standard InChI is InChI=1S/C26H22N12O5/c1-38(13-15-12-33-23-21(34-15)22(31)36-26(32)37-23)16-4-2-14(3-5-16)24(40)35-19(25(41)43-18(10-29)11-30)6-7-20(39)42-17(8-27)9-28/h2-5,12,17-19H,6-7,13H2,1H3,(H,35,40)(H4,31,32,33,36,37)/t19-/m0/s1. The number of nitrogens with one attached hydrogen (secondary N) is 1. The molecule has 2 heterocycles. The number of carbonyl (C=O) groups excluding carboxylic acids is 3. The Bertz CT molecular complexity index is 1670. The molecule has 3 rings (SSSR count). The number of nitrogens with two attached hydrogens (primary N) is 2. The fourth-order valence-electron chi connectivity index (χ4n) is 3.57. The summed E-state index contributed by atoms with van der Waals surface area (Å²) in [4.78, 5) is 55.9. The van der Waals surface area contributed by atoms with E-state index in [-0.39, 0.29) is 29.4 Å². The van der Waals surface area contributed by atoms with Crippen LogP contribution in [0.15, 0.2) is 30.5 Å². The molecule has 43 heavy (non-hydrogen) atoms. The molecule has 17 heteroatoms. The van der Waals surface area contributed by atoms with Crippen molar-refractivity contribution < 1.29 is 23.9 Å². The summed E-state index contributed by atoms with van der Waals surface area (Å²) in [7, 11) is 1.78. The number of aromatic nitrogens is 4. The minimum atomic E-state index is -1.75. The van der Waals surface area contributed by atoms with E-state index in [1.54, 1.807) is 19.2 Å². The van der Waals surface area contributed by atoms with E-state index in [0.29, 0.717) is 23.4 Å². The van der Waals surface area contributed by atoms with Gasteiger partial charge < -0.3 is 31.2 Å². The highest BCUT2D eigenvalue weighted by Crippen LogP contribution is 2.19. The highest BCUT2D eigenvalue weighted by atomic mass is 16.5. The summed E-state index contributed by atoms with van der Waals surface area (Å²) >= 11 is 0. The van der Waals surface area contributed by atoms with Crippen LogP contribution in [-0.2, 0) is 25.6 Å². The van der Waals surface area contributed by atoms with Gasteiger partial charge in [-0.15, -0.1) is 0 Å². The van der Waals surface area contributed by atoms with Gasteiger partial charge in [-0.25, -0.2) is 14.8 Å². The van der Waals surface area contributed by atoms with Crippen molar-refractivity contribution in [2.24, 2.45) is 0 Å². The van der Waals surface area contributed by atoms with Crippen molar-refractivity contribution in [2.45, 2.75) is 37.6 Å². The molecule has 0 fully saturated rings. The number of carbonyl (C=O) groups is 3. The van der Waals surface area contributed by atoms with E-state index < -0.39 is 42.5 Å². The number of nitrogen functional groups attached to an aromatic ring is 2. The van der Waals surface area contributed by atoms with E-state index in [0.717, 1.165) is 0 Å². The van der Waals surface area contributed by atoms with Gasteiger partial charge in [-0.2, -0.15) is 31.0 Å². The normalized spacial score (nSPS) is 11.0. The third-order valence-electron chi connectivity index (χ3n) is 5.65. The van der Waals surface area contributed by atoms with E-state index in [4.69, 9.17) is 37.3 Å². The lowest BCUT2D eigenvalue weighted by Gasteiger charge is -2.20. The maximum absolute atomic E-state index is 12.9. The minimum absolute atomic E-state index is 0.0168. The maximum Gasteiger partial charge on any atom is 0.330 e. The Morgan fingerprint density at radius 2 is 1.58 bits per heavy atom. The molecule has 0 aliphatic carbocycles. The summed E-state index contributed by atoms with van der Waals surface area (Å²) in [5.74, 6) is -2.78. The van der Waals surface area contributed by atoms with E-state index in [1.165, 1.54) is 42.6 Å². The summed E-state index contributed by atoms with van der Waals surface area (Å²) in [6, 6.07) is 10.6. The molecule has 0 saturated heterocycles. The monoisotopic (exact) mass is 582 g/mol. The predicted octanol–water partition coefficient (Wildman–Crippen LogP) is 0.0171. The molecule has 0 unspecified atom stereocenters. The largest absolute Gasteiger partial charge is 0.432 e. The Labute approximate surface area is 243 Å². The fraction of sp³-hybridized carbons (Fsp3) is 0.269. The predicted molar refractivity (Wildman–Crippen MR) is 145 cm³/mol. The molecule has 5 N–H and O–H groups in total. The lowest BCUT2D eigenvalue weighted by molar-refractivity contribution is -0.148. The van der Waals surface area contributed by atoms with Crippen molar-refractivity contribution in [3.63, 3.8) is 0 Å². The number of rotatable bonds is 11. The van der Waals surface area contributed by atoms with E-state index in [1.807, 2.05) is 4.90 Å². The van der Waals surface area contributed by atoms with E-state index >= 15 is 0 Å². The molecule has 216 valence electrons. The Balaban J connectivity index is 1.69. The Hall–Kier alpha value is -6.59. The Morgan fingerprint density at radius 1 is 0.953 bits per heavy atom. The van der Waals surface area contributed by atoms with Crippen LogP contribution in [0.4, 0.5) is 17.5 Å². The van der Waals surface area contributed by atoms with Gasteiger partial charge in [0, 0.05) is 24.7 Å². The molecule has 0 radical (unpaired) electrons. The van der Waals surface area contributed by atoms with Crippen LogP contribution in [0.1, 0.15) is 28.9 Å². The van der Waals surface area contributed by atoms with Crippen molar-refractivity contribution in [1.29, 1.82) is 21.0 Å². The number of nitriles is 4. The zero-order valence-electron chi connectivity index (χ0n) is 22.5. The molecule has 0 aliphatic rings. The average molecular weight is 583 g/mol. The number of ether oxygens (including phenoxy) is 2. The van der Waals surface area contributed by atoms with E-state index in [9.17, 15) is 14.4 Å². The number of fused-ring (bicyclic) bond motifs is 1. The molecule has 0 saturated carbocycles. The van der Waals surface area contributed by atoms with Crippen molar-refractivity contribution in [2.75, 3.05) is 23.4 Å². The minimum Gasteiger partial charge on any atom is -0.432 e. The first kappa shape index (κ1) is 30.9. The van der Waals surface area contributed by atoms with Crippen molar-refractivity contribution in [3.8, 4) is 24.3 Å². The quantitative estimate of drug-likeness (QED) is 0.251. The highest BCUT2D eigenvalue weighted by Gasteiger charge is 2.27. The summed E-state index contributed by atoms with van der Waals surface area (Å²) in [6.07, 6.45) is -2.73. The van der Waals surface area contributed by atoms with Gasteiger partial charge in [0.05, 0.1) is 18.4 Å². The highest BCUT2D eigenvalue weighted by molar-refractivity contribution is 5.97. The second-order valence-corrected chi connectivity index (χ2v) is 8.67. The molecule has 0 aliphatic heterocycles. The van der Waals surface area contributed by atoms with Crippen LogP contribution in [0.3, 0.4) is 0 Å². The molecule has 1 atom stereocenters. The summed E-state index contributed by atoms with van der Waals surface area (Å²) < 4.78 is 9.42. The third-order valence-corrected chi connectivity index (χ3v) is 5.65. The van der Waals surface area contributed by atoms with Gasteiger partial charge in [0.25, 0.3) is 18.1 Å². The van der Waals surface area contributed by atoms with E-state index in [2.05, 4.69) is 30.0 Å². The van der Waals surface area contributed by atoms with Crippen molar-refractivity contribution in [3.05, 3.63) is 41.7 Å². The van der Waals surface area contributed by atoms with Crippen molar-refractivity contribution in [1.82, 2.24) is 25.3 Å². The molecule has 17 nitrogen and oxygen atoms in total. The molecular formula is C26H22N12O5. The van der Waals surface area contributed by atoms with Crippen LogP contribution >= 0.6 is 0 Å². The number of hydrogen-bond acceptors (Lipinski definition) is 16. The average Bonchev–Trinajstić information content (AvgIpc) is 3.00. The molecular weight excluding hydrogens is 560 g/mol. The Kier molecular flexibility index (Phi) is 10.2. The first-order valence-electron chi connectivity index (χ1n) is 12.2. The van der Waals surface area contributed by atoms with Crippen LogP contribution in [-0.4, -0.2) is 63.1 Å².